The van der Waals surface area contributed by atoms with Crippen LogP contribution < -0.4 is 0 Å². The Hall–Kier alpha value is -1.78. The van der Waals surface area contributed by atoms with E-state index in [1.165, 1.54) is 6.08 Å². The topological polar surface area (TPSA) is 38.7 Å². The molecule has 3 rings (SSSR count). The SMILES string of the molecule is O=C1OC(/C=C/c2ccc(Cl)cc2Cl)=NC/1=C\c1ccc(Cl)cc1Cl. The Bertz CT molecular complexity index is 948. The van der Waals surface area contributed by atoms with Gasteiger partial charge >= 0.3 is 5.97 Å². The number of nitrogens with zero attached hydrogens (tertiary/aromatic N) is 1. The molecule has 0 atom stereocenters. The number of aliphatic imine (C=N–C) groups is 1. The van der Waals surface area contributed by atoms with Gasteiger partial charge in [-0.3, -0.25) is 0 Å². The van der Waals surface area contributed by atoms with Gasteiger partial charge in [-0.05, 0) is 47.5 Å². The van der Waals surface area contributed by atoms with Crippen molar-refractivity contribution in [1.82, 2.24) is 0 Å². The van der Waals surface area contributed by atoms with Crippen molar-refractivity contribution in [3.63, 3.8) is 0 Å². The van der Waals surface area contributed by atoms with E-state index in [-0.39, 0.29) is 11.6 Å². The zero-order valence-electron chi connectivity index (χ0n) is 12.5. The Labute approximate surface area is 164 Å². The van der Waals surface area contributed by atoms with Crippen LogP contribution in [-0.2, 0) is 9.53 Å². The lowest BCUT2D eigenvalue weighted by Gasteiger charge is -1.98. The fourth-order valence-electron chi connectivity index (χ4n) is 2.06. The van der Waals surface area contributed by atoms with Gasteiger partial charge in [-0.1, -0.05) is 58.5 Å². The van der Waals surface area contributed by atoms with Crippen LogP contribution >= 0.6 is 46.4 Å². The maximum absolute atomic E-state index is 11.9. The average Bonchev–Trinajstić information content (AvgIpc) is 2.89. The van der Waals surface area contributed by atoms with Gasteiger partial charge in [0.05, 0.1) is 0 Å². The first kappa shape index (κ1) is 18.0. The summed E-state index contributed by atoms with van der Waals surface area (Å²) < 4.78 is 5.11. The second kappa shape index (κ2) is 7.63. The fourth-order valence-corrected chi connectivity index (χ4v) is 3.00. The second-order valence-electron chi connectivity index (χ2n) is 5.03. The van der Waals surface area contributed by atoms with E-state index in [2.05, 4.69) is 4.99 Å². The molecule has 1 heterocycles. The molecule has 0 aromatic heterocycles. The van der Waals surface area contributed by atoms with Crippen LogP contribution in [0.1, 0.15) is 11.1 Å². The summed E-state index contributed by atoms with van der Waals surface area (Å²) in [6, 6.07) is 10.0. The van der Waals surface area contributed by atoms with Gasteiger partial charge in [-0.2, -0.15) is 0 Å². The van der Waals surface area contributed by atoms with E-state index < -0.39 is 5.97 Å². The molecule has 0 bridgehead atoms. The molecule has 0 spiro atoms. The standard InChI is InChI=1S/C18H9Cl4NO2/c19-12-4-1-10(14(21)8-12)3-6-17-23-16(18(24)25-17)7-11-2-5-13(20)9-15(11)22/h1-9H/b6-3+,16-7-. The molecular weight excluding hydrogens is 404 g/mol. The van der Waals surface area contributed by atoms with Crippen LogP contribution in [0.2, 0.25) is 20.1 Å². The van der Waals surface area contributed by atoms with Gasteiger partial charge in [0, 0.05) is 26.2 Å². The molecule has 0 radical (unpaired) electrons. The Balaban J connectivity index is 1.84. The maximum atomic E-state index is 11.9. The van der Waals surface area contributed by atoms with Crippen molar-refractivity contribution in [3.05, 3.63) is 79.4 Å². The fraction of sp³-hybridized carbons (Fsp3) is 0. The molecular formula is C18H9Cl4NO2. The smallest absolute Gasteiger partial charge is 0.363 e. The number of cyclic esters (lactones) is 1. The van der Waals surface area contributed by atoms with E-state index in [9.17, 15) is 4.79 Å². The van der Waals surface area contributed by atoms with E-state index in [0.717, 1.165) is 5.56 Å². The monoisotopic (exact) mass is 411 g/mol. The number of carbonyl (C=O) groups excluding carboxylic acids is 1. The molecule has 0 unspecified atom stereocenters. The predicted molar refractivity (Wildman–Crippen MR) is 103 cm³/mol. The highest BCUT2D eigenvalue weighted by Crippen LogP contribution is 2.26. The van der Waals surface area contributed by atoms with E-state index in [1.54, 1.807) is 48.6 Å². The Morgan fingerprint density at radius 3 is 2.04 bits per heavy atom. The summed E-state index contributed by atoms with van der Waals surface area (Å²) in [6.45, 7) is 0. The van der Waals surface area contributed by atoms with Crippen molar-refractivity contribution in [2.75, 3.05) is 0 Å². The Kier molecular flexibility index (Phi) is 5.50. The van der Waals surface area contributed by atoms with Crippen molar-refractivity contribution in [2.45, 2.75) is 0 Å². The lowest BCUT2D eigenvalue weighted by Crippen LogP contribution is -2.01. The molecule has 0 N–H and O–H groups in total. The predicted octanol–water partition coefficient (Wildman–Crippen LogP) is 6.31. The van der Waals surface area contributed by atoms with Crippen LogP contribution in [0.25, 0.3) is 12.2 Å². The Morgan fingerprint density at radius 2 is 1.44 bits per heavy atom. The highest BCUT2D eigenvalue weighted by Gasteiger charge is 2.21. The number of ether oxygens (including phenoxy) is 1. The summed E-state index contributed by atoms with van der Waals surface area (Å²) in [6.07, 6.45) is 4.78. The van der Waals surface area contributed by atoms with Crippen LogP contribution in [0, 0.1) is 0 Å². The van der Waals surface area contributed by atoms with Crippen LogP contribution in [-0.4, -0.2) is 11.9 Å². The first-order chi connectivity index (χ1) is 11.9. The minimum absolute atomic E-state index is 0.145. The van der Waals surface area contributed by atoms with Crippen molar-refractivity contribution in [1.29, 1.82) is 0 Å². The van der Waals surface area contributed by atoms with Gasteiger partial charge in [0.1, 0.15) is 0 Å². The number of hydrogen-bond donors (Lipinski definition) is 0. The lowest BCUT2D eigenvalue weighted by atomic mass is 10.2. The van der Waals surface area contributed by atoms with E-state index >= 15 is 0 Å². The van der Waals surface area contributed by atoms with E-state index in [1.807, 2.05) is 0 Å². The normalized spacial score (nSPS) is 15.8. The molecule has 7 heteroatoms. The van der Waals surface area contributed by atoms with Gasteiger partial charge in [-0.25, -0.2) is 9.79 Å². The molecule has 3 nitrogen and oxygen atoms in total. The van der Waals surface area contributed by atoms with Gasteiger partial charge in [-0.15, -0.1) is 0 Å². The third-order valence-corrected chi connectivity index (χ3v) is 4.38. The summed E-state index contributed by atoms with van der Waals surface area (Å²) in [5.74, 6) is -0.403. The number of carbonyl (C=O) groups is 1. The first-order valence-corrected chi connectivity index (χ1v) is 8.54. The molecule has 1 aliphatic rings. The maximum Gasteiger partial charge on any atom is 0.363 e. The molecule has 0 fully saturated rings. The second-order valence-corrected chi connectivity index (χ2v) is 6.72. The van der Waals surface area contributed by atoms with Crippen LogP contribution in [0.15, 0.2) is 53.2 Å². The van der Waals surface area contributed by atoms with Crippen LogP contribution in [0.4, 0.5) is 0 Å². The molecule has 1 aliphatic heterocycles. The summed E-state index contributed by atoms with van der Waals surface area (Å²) in [5, 5.41) is 1.95. The largest absolute Gasteiger partial charge is 0.403 e. The summed E-state index contributed by atoms with van der Waals surface area (Å²) in [7, 11) is 0. The molecule has 126 valence electrons. The minimum atomic E-state index is -0.562. The van der Waals surface area contributed by atoms with E-state index in [0.29, 0.717) is 25.7 Å². The minimum Gasteiger partial charge on any atom is -0.403 e. The van der Waals surface area contributed by atoms with Crippen molar-refractivity contribution < 1.29 is 9.53 Å². The highest BCUT2D eigenvalue weighted by atomic mass is 35.5. The first-order valence-electron chi connectivity index (χ1n) is 7.03. The van der Waals surface area contributed by atoms with E-state index in [4.69, 9.17) is 51.1 Å². The number of hydrogen-bond acceptors (Lipinski definition) is 3. The van der Waals surface area contributed by atoms with Gasteiger partial charge in [0.25, 0.3) is 0 Å². The molecule has 0 amide bonds. The van der Waals surface area contributed by atoms with Crippen LogP contribution in [0.3, 0.4) is 0 Å². The number of benzene rings is 2. The van der Waals surface area contributed by atoms with Crippen molar-refractivity contribution >= 4 is 70.4 Å². The molecule has 0 aliphatic carbocycles. The summed E-state index contributed by atoms with van der Waals surface area (Å²) >= 11 is 23.9. The zero-order valence-corrected chi connectivity index (χ0v) is 15.5. The third-order valence-electron chi connectivity index (χ3n) is 3.26. The third kappa shape index (κ3) is 4.44. The molecule has 0 saturated heterocycles. The van der Waals surface area contributed by atoms with Crippen molar-refractivity contribution in [3.8, 4) is 0 Å². The summed E-state index contributed by atoms with van der Waals surface area (Å²) in [4.78, 5) is 16.1. The van der Waals surface area contributed by atoms with Crippen LogP contribution in [0.5, 0.6) is 0 Å². The number of halogens is 4. The Morgan fingerprint density at radius 1 is 0.840 bits per heavy atom. The highest BCUT2D eigenvalue weighted by molar-refractivity contribution is 6.36. The molecule has 2 aromatic rings. The molecule has 25 heavy (non-hydrogen) atoms. The molecule has 2 aromatic carbocycles. The number of rotatable bonds is 3. The molecule has 0 saturated carbocycles. The quantitative estimate of drug-likeness (QED) is 0.437. The number of esters is 1. The summed E-state index contributed by atoms with van der Waals surface area (Å²) in [5.41, 5.74) is 1.49. The zero-order chi connectivity index (χ0) is 18.0. The van der Waals surface area contributed by atoms with Gasteiger partial charge in [0.15, 0.2) is 5.70 Å². The van der Waals surface area contributed by atoms with Gasteiger partial charge in [0.2, 0.25) is 5.90 Å². The van der Waals surface area contributed by atoms with Crippen molar-refractivity contribution in [2.24, 2.45) is 4.99 Å². The average molecular weight is 413 g/mol. The van der Waals surface area contributed by atoms with Gasteiger partial charge < -0.3 is 4.74 Å². The lowest BCUT2D eigenvalue weighted by molar-refractivity contribution is -0.129.